The monoisotopic (exact) mass is 1100 g/mol. The van der Waals surface area contributed by atoms with E-state index in [9.17, 15) is 14.4 Å². The average molecular weight is 1100 g/mol. The van der Waals surface area contributed by atoms with Crippen LogP contribution in [0.25, 0.3) is 0 Å². The third-order valence-corrected chi connectivity index (χ3v) is 13.3. The summed E-state index contributed by atoms with van der Waals surface area (Å²) in [5.74, 6) is -0.932. The van der Waals surface area contributed by atoms with Gasteiger partial charge < -0.3 is 14.2 Å². The second-order valence-corrected chi connectivity index (χ2v) is 20.9. The van der Waals surface area contributed by atoms with Crippen molar-refractivity contribution < 1.29 is 28.6 Å². The molecule has 0 aliphatic rings. The quantitative estimate of drug-likeness (QED) is 0.0261. The first-order valence-corrected chi connectivity index (χ1v) is 32.5. The molecule has 0 aliphatic carbocycles. The van der Waals surface area contributed by atoms with Crippen molar-refractivity contribution in [1.29, 1.82) is 0 Å². The minimum Gasteiger partial charge on any atom is -0.462 e. The highest BCUT2D eigenvalue weighted by Crippen LogP contribution is 2.15. The van der Waals surface area contributed by atoms with Crippen LogP contribution in [0.15, 0.2) is 158 Å². The van der Waals surface area contributed by atoms with Gasteiger partial charge in [-0.15, -0.1) is 0 Å². The van der Waals surface area contributed by atoms with Crippen molar-refractivity contribution >= 4 is 17.9 Å². The normalized spacial score (nSPS) is 13.2. The van der Waals surface area contributed by atoms with Gasteiger partial charge in [0.1, 0.15) is 13.2 Å². The summed E-state index contributed by atoms with van der Waals surface area (Å²) in [5.41, 5.74) is 0. The molecule has 0 aromatic heterocycles. The number of rotatable bonds is 57. The summed E-state index contributed by atoms with van der Waals surface area (Å²) >= 11 is 0. The average Bonchev–Trinajstić information content (AvgIpc) is 3.46. The van der Waals surface area contributed by atoms with Crippen molar-refractivity contribution in [2.24, 2.45) is 0 Å². The van der Waals surface area contributed by atoms with E-state index in [1.165, 1.54) is 57.8 Å². The van der Waals surface area contributed by atoms with Crippen molar-refractivity contribution in [1.82, 2.24) is 0 Å². The van der Waals surface area contributed by atoms with Crippen LogP contribution in [-0.4, -0.2) is 37.2 Å². The van der Waals surface area contributed by atoms with Gasteiger partial charge in [-0.3, -0.25) is 14.4 Å². The van der Waals surface area contributed by atoms with E-state index in [0.717, 1.165) is 173 Å². The summed E-state index contributed by atoms with van der Waals surface area (Å²) < 4.78 is 16.9. The highest BCUT2D eigenvalue weighted by Gasteiger charge is 2.19. The number of carbonyl (C=O) groups is 3. The molecule has 0 fully saturated rings. The lowest BCUT2D eigenvalue weighted by Crippen LogP contribution is -2.30. The Hall–Kier alpha value is -4.97. The molecule has 6 nitrogen and oxygen atoms in total. The van der Waals surface area contributed by atoms with Gasteiger partial charge in [0.2, 0.25) is 0 Å². The summed E-state index contributed by atoms with van der Waals surface area (Å²) in [6.07, 6.45) is 96.8. The molecule has 0 aromatic rings. The van der Waals surface area contributed by atoms with Crippen LogP contribution in [0.5, 0.6) is 0 Å². The lowest BCUT2D eigenvalue weighted by molar-refractivity contribution is -0.167. The Kier molecular flexibility index (Phi) is 62.4. The Morgan fingerprint density at radius 1 is 0.263 bits per heavy atom. The number of unbranched alkanes of at least 4 members (excludes halogenated alkanes) is 20. The Morgan fingerprint density at radius 2 is 0.487 bits per heavy atom. The van der Waals surface area contributed by atoms with Crippen molar-refractivity contribution in [3.05, 3.63) is 158 Å². The van der Waals surface area contributed by atoms with Crippen molar-refractivity contribution in [2.75, 3.05) is 13.2 Å². The maximum Gasteiger partial charge on any atom is 0.306 e. The number of carbonyl (C=O) groups excluding carboxylic acids is 3. The van der Waals surface area contributed by atoms with Gasteiger partial charge in [0.05, 0.1) is 0 Å². The Bertz CT molecular complexity index is 1790. The molecule has 6 heteroatoms. The molecule has 0 amide bonds. The molecule has 80 heavy (non-hydrogen) atoms. The fourth-order valence-corrected chi connectivity index (χ4v) is 8.48. The van der Waals surface area contributed by atoms with E-state index in [0.29, 0.717) is 19.3 Å². The topological polar surface area (TPSA) is 78.9 Å². The standard InChI is InChI=1S/C74H118O6/c1-4-7-10-13-16-19-22-24-26-28-30-31-32-33-34-35-36-37-38-39-40-41-42-43-45-46-48-50-52-55-58-61-64-67-73(76)79-70-71(69-78-72(75)66-63-60-57-54-21-18-15-12-9-6-3)80-74(77)68-65-62-59-56-53-51-49-47-44-29-27-25-23-20-17-14-11-8-5-2/h7-8,10-11,16-17,19-20,24-27,30-31,33-34,36-37,39-40,42-44,46-48,71H,4-6,9,12-15,18,21-23,28-29,32,35,38,41,45,49-70H2,1-3H3/b10-7-,11-8-,19-16-,20-17-,26-24-,27-25-,31-30-,34-33-,37-36-,40-39-,43-42-,47-44-,48-46-. The summed E-state index contributed by atoms with van der Waals surface area (Å²) in [7, 11) is 0. The highest BCUT2D eigenvalue weighted by molar-refractivity contribution is 5.71. The maximum absolute atomic E-state index is 12.9. The van der Waals surface area contributed by atoms with E-state index in [4.69, 9.17) is 14.2 Å². The van der Waals surface area contributed by atoms with Crippen LogP contribution < -0.4 is 0 Å². The third kappa shape index (κ3) is 63.9. The van der Waals surface area contributed by atoms with E-state index in [1.54, 1.807) is 0 Å². The minimum absolute atomic E-state index is 0.0940. The number of hydrogen-bond donors (Lipinski definition) is 0. The first kappa shape index (κ1) is 75.0. The zero-order valence-corrected chi connectivity index (χ0v) is 51.5. The molecule has 0 saturated heterocycles. The first-order valence-electron chi connectivity index (χ1n) is 32.5. The SMILES string of the molecule is CC/C=C\C/C=C\C/C=C\C/C=C\C/C=C\C/C=C\C/C=C\C/C=C\C/C=C\CCCCCCCC(=O)OCC(COC(=O)CCCCCCCCCCCC)OC(=O)CCCCCCCC/C=C\C/C=C\C/C=C\C/C=C\CC. The van der Waals surface area contributed by atoms with Crippen LogP contribution in [0.4, 0.5) is 0 Å². The van der Waals surface area contributed by atoms with E-state index in [2.05, 4.69) is 179 Å². The van der Waals surface area contributed by atoms with Crippen molar-refractivity contribution in [2.45, 2.75) is 277 Å². The summed E-state index contributed by atoms with van der Waals surface area (Å²) in [4.78, 5) is 38.2. The maximum atomic E-state index is 12.9. The Morgan fingerprint density at radius 3 is 0.762 bits per heavy atom. The lowest BCUT2D eigenvalue weighted by atomic mass is 10.1. The van der Waals surface area contributed by atoms with E-state index >= 15 is 0 Å². The van der Waals surface area contributed by atoms with E-state index < -0.39 is 6.10 Å². The molecule has 0 bridgehead atoms. The molecule has 0 rings (SSSR count). The molecule has 0 aliphatic heterocycles. The molecule has 0 N–H and O–H groups in total. The Labute approximate surface area is 492 Å². The predicted octanol–water partition coefficient (Wildman–Crippen LogP) is 22.5. The fraction of sp³-hybridized carbons (Fsp3) is 0.608. The molecule has 0 spiro atoms. The molecule has 1 atom stereocenters. The van der Waals surface area contributed by atoms with Gasteiger partial charge in [-0.05, 0) is 128 Å². The largest absolute Gasteiger partial charge is 0.462 e. The molecule has 1 unspecified atom stereocenters. The van der Waals surface area contributed by atoms with Crippen LogP contribution >= 0.6 is 0 Å². The smallest absolute Gasteiger partial charge is 0.306 e. The van der Waals surface area contributed by atoms with Gasteiger partial charge >= 0.3 is 17.9 Å². The van der Waals surface area contributed by atoms with Crippen LogP contribution in [0.3, 0.4) is 0 Å². The Balaban J connectivity index is 4.32. The minimum atomic E-state index is -0.800. The zero-order valence-electron chi connectivity index (χ0n) is 51.5. The molecular weight excluding hydrogens is 985 g/mol. The summed E-state index contributed by atoms with van der Waals surface area (Å²) in [6, 6.07) is 0. The van der Waals surface area contributed by atoms with Crippen LogP contribution in [0.2, 0.25) is 0 Å². The molecule has 0 aromatic carbocycles. The van der Waals surface area contributed by atoms with Gasteiger partial charge in [0, 0.05) is 19.3 Å². The third-order valence-electron chi connectivity index (χ3n) is 13.3. The molecule has 450 valence electrons. The fourth-order valence-electron chi connectivity index (χ4n) is 8.48. The predicted molar refractivity (Wildman–Crippen MR) is 348 cm³/mol. The molecule has 0 heterocycles. The second-order valence-electron chi connectivity index (χ2n) is 20.9. The highest BCUT2D eigenvalue weighted by atomic mass is 16.6. The number of allylic oxidation sites excluding steroid dienone is 26. The van der Waals surface area contributed by atoms with Crippen LogP contribution in [0, 0.1) is 0 Å². The van der Waals surface area contributed by atoms with Crippen molar-refractivity contribution in [3.8, 4) is 0 Å². The molecular formula is C74H118O6. The van der Waals surface area contributed by atoms with Gasteiger partial charge in [0.15, 0.2) is 6.10 Å². The van der Waals surface area contributed by atoms with E-state index in [1.807, 2.05) is 0 Å². The number of hydrogen-bond acceptors (Lipinski definition) is 6. The number of ether oxygens (including phenoxy) is 3. The molecule has 0 saturated carbocycles. The first-order chi connectivity index (χ1) is 39.5. The van der Waals surface area contributed by atoms with Gasteiger partial charge in [-0.25, -0.2) is 0 Å². The molecule has 0 radical (unpaired) electrons. The van der Waals surface area contributed by atoms with Crippen LogP contribution in [0.1, 0.15) is 271 Å². The number of esters is 3. The summed E-state index contributed by atoms with van der Waals surface area (Å²) in [5, 5.41) is 0. The lowest BCUT2D eigenvalue weighted by Gasteiger charge is -2.18. The second kappa shape index (κ2) is 66.5. The zero-order chi connectivity index (χ0) is 57.8. The van der Waals surface area contributed by atoms with Gasteiger partial charge in [-0.1, -0.05) is 281 Å². The van der Waals surface area contributed by atoms with Crippen LogP contribution in [-0.2, 0) is 28.6 Å². The van der Waals surface area contributed by atoms with Crippen molar-refractivity contribution in [3.63, 3.8) is 0 Å². The van der Waals surface area contributed by atoms with Gasteiger partial charge in [-0.2, -0.15) is 0 Å². The summed E-state index contributed by atoms with van der Waals surface area (Å²) in [6.45, 7) is 6.37. The van der Waals surface area contributed by atoms with Gasteiger partial charge in [0.25, 0.3) is 0 Å². The van der Waals surface area contributed by atoms with E-state index in [-0.39, 0.29) is 31.1 Å².